The number of carbonyl (C=O) groups excluding carboxylic acids is 7. The van der Waals surface area contributed by atoms with Crippen molar-refractivity contribution in [3.63, 3.8) is 0 Å². The van der Waals surface area contributed by atoms with E-state index in [1.54, 1.807) is 30.3 Å². The largest absolute Gasteiger partial charge is 0.481 e. The number of carboxylic acids is 1. The van der Waals surface area contributed by atoms with Gasteiger partial charge in [-0.05, 0) is 33.3 Å². The zero-order valence-corrected chi connectivity index (χ0v) is 25.8. The molecule has 18 nitrogen and oxygen atoms in total. The third-order valence-corrected chi connectivity index (χ3v) is 6.43. The van der Waals surface area contributed by atoms with Crippen LogP contribution in [0.15, 0.2) is 30.3 Å². The van der Waals surface area contributed by atoms with Crippen molar-refractivity contribution in [2.75, 3.05) is 0 Å². The van der Waals surface area contributed by atoms with Crippen molar-refractivity contribution in [1.29, 1.82) is 0 Å². The van der Waals surface area contributed by atoms with Gasteiger partial charge in [0.2, 0.25) is 29.5 Å². The van der Waals surface area contributed by atoms with Crippen LogP contribution in [-0.4, -0.2) is 110 Å². The van der Waals surface area contributed by atoms with Crippen molar-refractivity contribution < 1.29 is 58.8 Å². The molecule has 1 aromatic carbocycles. The minimum atomic E-state index is -3.40. The lowest BCUT2D eigenvalue weighted by molar-refractivity contribution is -0.196. The lowest BCUT2D eigenvalue weighted by Crippen LogP contribution is -2.64. The quantitative estimate of drug-likeness (QED) is 0.0571. The predicted octanol–water partition coefficient (Wildman–Crippen LogP) is -3.92. The molecule has 1 rings (SSSR count). The molecular weight excluding hydrogens is 612 g/mol. The van der Waals surface area contributed by atoms with Crippen LogP contribution < -0.4 is 31.9 Å². The van der Waals surface area contributed by atoms with Gasteiger partial charge in [0, 0.05) is 6.92 Å². The van der Waals surface area contributed by atoms with Crippen LogP contribution in [0.25, 0.3) is 0 Å². The minimum Gasteiger partial charge on any atom is -0.481 e. The van der Waals surface area contributed by atoms with Gasteiger partial charge in [-0.25, -0.2) is 0 Å². The number of aliphatic hydroxyl groups is 3. The lowest BCUT2D eigenvalue weighted by atomic mass is 10.0. The van der Waals surface area contributed by atoms with E-state index in [0.29, 0.717) is 11.8 Å². The summed E-state index contributed by atoms with van der Waals surface area (Å²) < 4.78 is 0. The lowest BCUT2D eigenvalue weighted by Gasteiger charge is -2.31. The molecule has 0 spiro atoms. The fourth-order valence-electron chi connectivity index (χ4n) is 3.80. The second kappa shape index (κ2) is 17.5. The maximum Gasteiger partial charge on any atom is 0.305 e. The Morgan fingerprint density at radius 2 is 1.37 bits per heavy atom. The van der Waals surface area contributed by atoms with Crippen LogP contribution in [0.3, 0.4) is 0 Å². The van der Waals surface area contributed by atoms with Crippen molar-refractivity contribution in [2.24, 2.45) is 0 Å². The van der Waals surface area contributed by atoms with Gasteiger partial charge in [0.1, 0.15) is 30.5 Å². The molecule has 7 atom stereocenters. The summed E-state index contributed by atoms with van der Waals surface area (Å²) in [6, 6.07) is -0.917. The van der Waals surface area contributed by atoms with E-state index in [1.165, 1.54) is 27.7 Å². The van der Waals surface area contributed by atoms with E-state index >= 15 is 0 Å². The second-order valence-electron chi connectivity index (χ2n) is 10.5. The summed E-state index contributed by atoms with van der Waals surface area (Å²) in [4.78, 5) is 97.3. The topological polar surface area (TPSA) is 290 Å². The summed E-state index contributed by atoms with van der Waals surface area (Å²) >= 11 is 0. The van der Waals surface area contributed by atoms with Gasteiger partial charge in [0.05, 0.1) is 24.6 Å². The van der Waals surface area contributed by atoms with Gasteiger partial charge >= 0.3 is 5.97 Å². The number of carbonyl (C=O) groups is 8. The standard InChI is InChI=1S/C28H40N6O12/c1-13(12-35)29-24(41)19(11-20(38)39)33-27(44)28(45,46)16(4)31-23(40)14(2)30-25(42)21(15(3)36)34-26(43)22(32-17(5)37)18-9-7-6-8-10-18/h6-10,12-16,19,21-22,36,45-46H,11H2,1-5H3,(H,29,41)(H,30,42)(H,31,40)(H,32,37)(H,33,44)(H,34,43)(H,38,39)/t13-,14-,15+,16-,19-,21-,22-/m0/s1. The van der Waals surface area contributed by atoms with Crippen LogP contribution >= 0.6 is 0 Å². The van der Waals surface area contributed by atoms with E-state index in [-0.39, 0.29) is 0 Å². The molecule has 0 aliphatic rings. The molecule has 0 unspecified atom stereocenters. The van der Waals surface area contributed by atoms with Gasteiger partial charge in [-0.3, -0.25) is 33.6 Å². The molecule has 0 aliphatic heterocycles. The third kappa shape index (κ3) is 11.9. The first-order valence-electron chi connectivity index (χ1n) is 14.0. The highest BCUT2D eigenvalue weighted by Crippen LogP contribution is 2.14. The molecule has 0 bridgehead atoms. The van der Waals surface area contributed by atoms with Gasteiger partial charge in [-0.1, -0.05) is 30.3 Å². The number of benzene rings is 1. The predicted molar refractivity (Wildman–Crippen MR) is 157 cm³/mol. The molecule has 0 radical (unpaired) electrons. The van der Waals surface area contributed by atoms with Crippen molar-refractivity contribution in [2.45, 2.75) is 89.2 Å². The molecule has 0 aliphatic carbocycles. The Kier molecular flexibility index (Phi) is 14.9. The molecule has 6 amide bonds. The molecule has 0 saturated heterocycles. The SMILES string of the molecule is CC(=O)N[C@H](C(=O)N[C@H](C(=O)N[C@@H](C)C(=O)N[C@@H](C)C(O)(O)C(=O)N[C@@H](CC(=O)O)C(=O)N[C@@H](C)C=O)[C@@H](C)O)c1ccccc1. The van der Waals surface area contributed by atoms with Crippen LogP contribution in [0.2, 0.25) is 0 Å². The van der Waals surface area contributed by atoms with Crippen LogP contribution in [0.4, 0.5) is 0 Å². The number of carboxylic acid groups (broad SMARTS) is 1. The molecule has 0 aromatic heterocycles. The zero-order valence-electron chi connectivity index (χ0n) is 25.8. The average Bonchev–Trinajstić information content (AvgIpc) is 2.97. The van der Waals surface area contributed by atoms with Crippen LogP contribution in [-0.2, 0) is 38.4 Å². The van der Waals surface area contributed by atoms with Gasteiger partial charge in [0.25, 0.3) is 11.7 Å². The van der Waals surface area contributed by atoms with E-state index in [2.05, 4.69) is 26.6 Å². The maximum atomic E-state index is 13.0. The Bertz CT molecular complexity index is 1290. The molecule has 0 heterocycles. The molecule has 0 fully saturated rings. The Balaban J connectivity index is 2.96. The van der Waals surface area contributed by atoms with Crippen LogP contribution in [0.5, 0.6) is 0 Å². The van der Waals surface area contributed by atoms with Crippen molar-refractivity contribution >= 4 is 47.7 Å². The van der Waals surface area contributed by atoms with Crippen molar-refractivity contribution in [3.05, 3.63) is 35.9 Å². The smallest absolute Gasteiger partial charge is 0.305 e. The van der Waals surface area contributed by atoms with Gasteiger partial charge in [0.15, 0.2) is 0 Å². The van der Waals surface area contributed by atoms with E-state index in [0.717, 1.165) is 6.92 Å². The molecule has 254 valence electrons. The van der Waals surface area contributed by atoms with Crippen LogP contribution in [0.1, 0.15) is 52.6 Å². The summed E-state index contributed by atoms with van der Waals surface area (Å²) in [5.74, 6) is -11.2. The monoisotopic (exact) mass is 652 g/mol. The Labute approximate surface area is 263 Å². The summed E-state index contributed by atoms with van der Waals surface area (Å²) in [6.45, 7) is 5.80. The Morgan fingerprint density at radius 3 is 1.87 bits per heavy atom. The van der Waals surface area contributed by atoms with Gasteiger partial charge in [-0.2, -0.15) is 0 Å². The molecule has 1 aromatic rings. The number of hydrogen-bond acceptors (Lipinski definition) is 11. The number of aliphatic hydroxyl groups excluding tert-OH is 1. The first-order chi connectivity index (χ1) is 21.3. The summed E-state index contributed by atoms with van der Waals surface area (Å²) in [7, 11) is 0. The van der Waals surface area contributed by atoms with Crippen LogP contribution in [0, 0.1) is 0 Å². The van der Waals surface area contributed by atoms with Crippen molar-refractivity contribution in [3.8, 4) is 0 Å². The zero-order chi connectivity index (χ0) is 35.4. The number of amides is 6. The second-order valence-corrected chi connectivity index (χ2v) is 10.5. The fourth-order valence-corrected chi connectivity index (χ4v) is 3.80. The number of aldehydes is 1. The third-order valence-electron chi connectivity index (χ3n) is 6.43. The molecular formula is C28H40N6O12. The fraction of sp³-hybridized carbons (Fsp3) is 0.500. The molecule has 46 heavy (non-hydrogen) atoms. The van der Waals surface area contributed by atoms with Gasteiger partial charge < -0.3 is 57.1 Å². The molecule has 10 N–H and O–H groups in total. The highest BCUT2D eigenvalue weighted by Gasteiger charge is 2.43. The van der Waals surface area contributed by atoms with Crippen molar-refractivity contribution in [1.82, 2.24) is 31.9 Å². The number of rotatable bonds is 17. The molecule has 0 saturated carbocycles. The molecule has 18 heteroatoms. The van der Waals surface area contributed by atoms with E-state index < -0.39 is 96.0 Å². The summed E-state index contributed by atoms with van der Waals surface area (Å²) in [5.41, 5.74) is 0.382. The first kappa shape index (κ1) is 39.1. The number of hydrogen-bond donors (Lipinski definition) is 10. The summed E-state index contributed by atoms with van der Waals surface area (Å²) in [5, 5.41) is 53.2. The Hall–Kier alpha value is -4.94. The average molecular weight is 653 g/mol. The maximum absolute atomic E-state index is 13.0. The first-order valence-corrected chi connectivity index (χ1v) is 14.0. The Morgan fingerprint density at radius 1 is 0.783 bits per heavy atom. The number of nitrogens with one attached hydrogen (secondary N) is 6. The van der Waals surface area contributed by atoms with E-state index in [9.17, 15) is 53.7 Å². The number of aliphatic carboxylic acids is 1. The van der Waals surface area contributed by atoms with Gasteiger partial charge in [-0.15, -0.1) is 0 Å². The highest BCUT2D eigenvalue weighted by atomic mass is 16.5. The summed E-state index contributed by atoms with van der Waals surface area (Å²) in [6.07, 6.45) is -2.13. The van der Waals surface area contributed by atoms with E-state index in [1.807, 2.05) is 5.32 Å². The normalized spacial score (nSPS) is 15.7. The minimum absolute atomic E-state index is 0.335. The highest BCUT2D eigenvalue weighted by molar-refractivity contribution is 5.96. The van der Waals surface area contributed by atoms with E-state index in [4.69, 9.17) is 5.11 Å².